The van der Waals surface area contributed by atoms with Gasteiger partial charge in [0.15, 0.2) is 6.39 Å². The highest BCUT2D eigenvalue weighted by molar-refractivity contribution is 7.25. The summed E-state index contributed by atoms with van der Waals surface area (Å²) in [6.45, 7) is 0.0210. The molecule has 4 aromatic heterocycles. The van der Waals surface area contributed by atoms with Crippen molar-refractivity contribution in [3.05, 3.63) is 75.4 Å². The molecule has 0 unspecified atom stereocenters. The van der Waals surface area contributed by atoms with Crippen LogP contribution in [-0.2, 0) is 12.7 Å². The molecule has 0 bridgehead atoms. The number of alkyl halides is 3. The van der Waals surface area contributed by atoms with Crippen molar-refractivity contribution in [3.8, 4) is 11.4 Å². The average Bonchev–Trinajstić information content (AvgIpc) is 3.39. The Morgan fingerprint density at radius 1 is 1.18 bits per heavy atom. The molecule has 1 aliphatic rings. The van der Waals surface area contributed by atoms with Crippen LogP contribution in [0.25, 0.3) is 31.7 Å². The predicted octanol–water partition coefficient (Wildman–Crippen LogP) is 6.26. The zero-order chi connectivity index (χ0) is 23.6. The largest absolute Gasteiger partial charge is 0.447 e. The maximum Gasteiger partial charge on any atom is 0.433 e. The zero-order valence-electron chi connectivity index (χ0n) is 17.3. The van der Waals surface area contributed by atoms with Gasteiger partial charge in [0.2, 0.25) is 0 Å². The van der Waals surface area contributed by atoms with E-state index in [1.807, 2.05) is 0 Å². The quantitative estimate of drug-likeness (QED) is 0.290. The Labute approximate surface area is 198 Å². The number of benzene rings is 1. The minimum atomic E-state index is -4.57. The van der Waals surface area contributed by atoms with Gasteiger partial charge >= 0.3 is 6.18 Å². The molecule has 0 amide bonds. The first-order valence-electron chi connectivity index (χ1n) is 10.4. The van der Waals surface area contributed by atoms with E-state index < -0.39 is 11.9 Å². The fourth-order valence-corrected chi connectivity index (χ4v) is 5.39. The molecule has 0 saturated heterocycles. The van der Waals surface area contributed by atoms with Gasteiger partial charge in [0.25, 0.3) is 5.56 Å². The molecule has 34 heavy (non-hydrogen) atoms. The monoisotopic (exact) mass is 502 g/mol. The van der Waals surface area contributed by atoms with Crippen molar-refractivity contribution in [3.63, 3.8) is 0 Å². The van der Waals surface area contributed by atoms with Crippen molar-refractivity contribution in [2.45, 2.75) is 31.5 Å². The molecule has 5 aromatic rings. The topological polar surface area (TPSA) is 73.8 Å². The van der Waals surface area contributed by atoms with E-state index in [4.69, 9.17) is 21.0 Å². The van der Waals surface area contributed by atoms with Crippen LogP contribution in [-0.4, -0.2) is 19.5 Å². The van der Waals surface area contributed by atoms with Gasteiger partial charge in [-0.3, -0.25) is 9.36 Å². The third kappa shape index (κ3) is 3.57. The second-order valence-corrected chi connectivity index (χ2v) is 9.59. The first-order chi connectivity index (χ1) is 16.3. The molecule has 0 radical (unpaired) electrons. The van der Waals surface area contributed by atoms with Crippen molar-refractivity contribution in [1.29, 1.82) is 0 Å². The molecule has 1 saturated carbocycles. The number of hydrogen-bond acceptors (Lipinski definition) is 6. The van der Waals surface area contributed by atoms with E-state index in [0.717, 1.165) is 23.6 Å². The van der Waals surface area contributed by atoms with Crippen molar-refractivity contribution < 1.29 is 17.6 Å². The Hall–Kier alpha value is -3.24. The number of oxazole rings is 1. The molecule has 6 rings (SSSR count). The molecule has 0 N–H and O–H groups in total. The lowest BCUT2D eigenvalue weighted by molar-refractivity contribution is -0.141. The minimum absolute atomic E-state index is 0.0210. The molecule has 0 spiro atoms. The van der Waals surface area contributed by atoms with E-state index in [1.165, 1.54) is 34.6 Å². The summed E-state index contributed by atoms with van der Waals surface area (Å²) in [6, 6.07) is 7.53. The van der Waals surface area contributed by atoms with Gasteiger partial charge in [0.05, 0.1) is 23.8 Å². The van der Waals surface area contributed by atoms with Crippen LogP contribution in [0.5, 0.6) is 0 Å². The zero-order valence-corrected chi connectivity index (χ0v) is 18.8. The number of halogens is 4. The van der Waals surface area contributed by atoms with E-state index in [2.05, 4.69) is 9.97 Å². The second-order valence-electron chi connectivity index (χ2n) is 8.12. The van der Waals surface area contributed by atoms with Crippen LogP contribution in [0, 0.1) is 0 Å². The lowest BCUT2D eigenvalue weighted by atomic mass is 10.1. The summed E-state index contributed by atoms with van der Waals surface area (Å²) < 4.78 is 47.7. The van der Waals surface area contributed by atoms with Crippen molar-refractivity contribution in [1.82, 2.24) is 19.5 Å². The minimum Gasteiger partial charge on any atom is -0.447 e. The number of fused-ring (bicyclic) bond motifs is 3. The van der Waals surface area contributed by atoms with E-state index in [1.54, 1.807) is 18.2 Å². The smallest absolute Gasteiger partial charge is 0.433 e. The molecular weight excluding hydrogens is 489 g/mol. The normalized spacial score (nSPS) is 14.4. The van der Waals surface area contributed by atoms with Gasteiger partial charge in [-0.25, -0.2) is 15.0 Å². The lowest BCUT2D eigenvalue weighted by Gasteiger charge is -2.16. The Morgan fingerprint density at radius 2 is 2.00 bits per heavy atom. The average molecular weight is 503 g/mol. The standard InChI is InChI=1S/C23H14ClF3N4O2S/c24-12-3-4-14-16(7-12)34-21-18(14)22(32)31(9-13-8-28-10-33-13)20(30-21)15-5-6-17(23(25,26)27)29-19(15)11-1-2-11/h3-8,10-11H,1-2,9H2. The first-order valence-corrected chi connectivity index (χ1v) is 11.6. The third-order valence-corrected chi connectivity index (χ3v) is 7.05. The third-order valence-electron chi connectivity index (χ3n) is 5.77. The molecule has 11 heteroatoms. The lowest BCUT2D eigenvalue weighted by Crippen LogP contribution is -2.24. The number of hydrogen-bond donors (Lipinski definition) is 0. The molecule has 1 fully saturated rings. The Bertz CT molecular complexity index is 1620. The molecular formula is C23H14ClF3N4O2S. The highest BCUT2D eigenvalue weighted by Gasteiger charge is 2.36. The van der Waals surface area contributed by atoms with Crippen LogP contribution in [0.2, 0.25) is 5.02 Å². The SMILES string of the molecule is O=c1c2c(nc(-c3ccc(C(F)(F)F)nc3C3CC3)n1Cc1cnco1)sc1cc(Cl)ccc12. The highest BCUT2D eigenvalue weighted by atomic mass is 35.5. The molecule has 1 aromatic carbocycles. The summed E-state index contributed by atoms with van der Waals surface area (Å²) in [7, 11) is 0. The highest BCUT2D eigenvalue weighted by Crippen LogP contribution is 2.45. The molecule has 6 nitrogen and oxygen atoms in total. The number of rotatable bonds is 4. The van der Waals surface area contributed by atoms with Gasteiger partial charge in [-0.1, -0.05) is 17.7 Å². The molecule has 4 heterocycles. The van der Waals surface area contributed by atoms with Crippen LogP contribution in [0.4, 0.5) is 13.2 Å². The van der Waals surface area contributed by atoms with Crippen LogP contribution in [0.1, 0.15) is 35.9 Å². The number of pyridine rings is 1. The molecule has 0 atom stereocenters. The number of nitrogens with zero attached hydrogens (tertiary/aromatic N) is 4. The van der Waals surface area contributed by atoms with Gasteiger partial charge in [-0.15, -0.1) is 11.3 Å². The van der Waals surface area contributed by atoms with Crippen molar-refractivity contribution >= 4 is 43.2 Å². The van der Waals surface area contributed by atoms with E-state index >= 15 is 0 Å². The van der Waals surface area contributed by atoms with Crippen molar-refractivity contribution in [2.75, 3.05) is 0 Å². The van der Waals surface area contributed by atoms with Crippen LogP contribution in [0.15, 0.2) is 52.1 Å². The summed E-state index contributed by atoms with van der Waals surface area (Å²) in [4.78, 5) is 26.9. The number of thiophene rings is 1. The fourth-order valence-electron chi connectivity index (χ4n) is 4.05. The summed E-state index contributed by atoms with van der Waals surface area (Å²) >= 11 is 7.44. The van der Waals surface area contributed by atoms with E-state index in [9.17, 15) is 18.0 Å². The van der Waals surface area contributed by atoms with Crippen LogP contribution >= 0.6 is 22.9 Å². The van der Waals surface area contributed by atoms with Gasteiger partial charge in [0.1, 0.15) is 22.1 Å². The van der Waals surface area contributed by atoms with Crippen LogP contribution < -0.4 is 5.56 Å². The summed E-state index contributed by atoms with van der Waals surface area (Å²) in [5.74, 6) is 0.555. The predicted molar refractivity (Wildman–Crippen MR) is 122 cm³/mol. The van der Waals surface area contributed by atoms with Gasteiger partial charge < -0.3 is 4.42 Å². The molecule has 172 valence electrons. The molecule has 0 aliphatic heterocycles. The Morgan fingerprint density at radius 3 is 2.71 bits per heavy atom. The van der Waals surface area contributed by atoms with Gasteiger partial charge in [-0.05, 0) is 37.1 Å². The Kier molecular flexibility index (Phi) is 4.79. The van der Waals surface area contributed by atoms with E-state index in [0.29, 0.717) is 37.6 Å². The molecule has 1 aliphatic carbocycles. The Balaban J connectivity index is 1.65. The van der Waals surface area contributed by atoms with Crippen molar-refractivity contribution in [2.24, 2.45) is 0 Å². The summed E-state index contributed by atoms with van der Waals surface area (Å²) in [5.41, 5.74) is -0.576. The second kappa shape index (κ2) is 7.64. The van der Waals surface area contributed by atoms with E-state index in [-0.39, 0.29) is 23.8 Å². The van der Waals surface area contributed by atoms with Crippen LogP contribution in [0.3, 0.4) is 0 Å². The van der Waals surface area contributed by atoms with Gasteiger partial charge in [0, 0.05) is 26.6 Å². The maximum absolute atomic E-state index is 13.8. The summed E-state index contributed by atoms with van der Waals surface area (Å²) in [5, 5.41) is 1.67. The van der Waals surface area contributed by atoms with Gasteiger partial charge in [-0.2, -0.15) is 13.2 Å². The first kappa shape index (κ1) is 21.3. The number of aromatic nitrogens is 4. The fraction of sp³-hybridized carbons (Fsp3) is 0.217. The summed E-state index contributed by atoms with van der Waals surface area (Å²) in [6.07, 6.45) is -0.361. The maximum atomic E-state index is 13.8.